The SMILES string of the molecule is CC(CCN)C(=O)C1CCOC2(CCOCC2)C1. The highest BCUT2D eigenvalue weighted by Crippen LogP contribution is 2.38. The normalized spacial score (nSPS) is 29.1. The molecule has 2 fully saturated rings. The molecule has 1 spiro atoms. The first-order chi connectivity index (χ1) is 8.67. The van der Waals surface area contributed by atoms with Gasteiger partial charge in [-0.15, -0.1) is 0 Å². The van der Waals surface area contributed by atoms with Crippen molar-refractivity contribution < 1.29 is 14.3 Å². The summed E-state index contributed by atoms with van der Waals surface area (Å²) < 4.78 is 11.4. The van der Waals surface area contributed by atoms with Crippen LogP contribution in [0.5, 0.6) is 0 Å². The van der Waals surface area contributed by atoms with Crippen molar-refractivity contribution in [3.8, 4) is 0 Å². The topological polar surface area (TPSA) is 61.6 Å². The number of Topliss-reactive ketones (excluding diaryl/α,β-unsaturated/α-hetero) is 1. The number of ketones is 1. The molecule has 0 amide bonds. The quantitative estimate of drug-likeness (QED) is 0.827. The van der Waals surface area contributed by atoms with Gasteiger partial charge in [0.2, 0.25) is 0 Å². The van der Waals surface area contributed by atoms with Crippen molar-refractivity contribution in [2.75, 3.05) is 26.4 Å². The first-order valence-electron chi connectivity index (χ1n) is 7.12. The zero-order valence-electron chi connectivity index (χ0n) is 11.3. The second-order valence-electron chi connectivity index (χ2n) is 5.71. The number of rotatable bonds is 4. The first kappa shape index (κ1) is 14.0. The van der Waals surface area contributed by atoms with Gasteiger partial charge in [-0.05, 0) is 38.6 Å². The lowest BCUT2D eigenvalue weighted by molar-refractivity contribution is -0.158. The van der Waals surface area contributed by atoms with Gasteiger partial charge in [-0.3, -0.25) is 4.79 Å². The number of hydrogen-bond donors (Lipinski definition) is 1. The maximum atomic E-state index is 12.4. The Bertz CT molecular complexity index is 281. The fraction of sp³-hybridized carbons (Fsp3) is 0.929. The van der Waals surface area contributed by atoms with E-state index in [0.717, 1.165) is 45.3 Å². The molecule has 2 unspecified atom stereocenters. The van der Waals surface area contributed by atoms with Crippen molar-refractivity contribution in [3.05, 3.63) is 0 Å². The number of nitrogens with two attached hydrogens (primary N) is 1. The highest BCUT2D eigenvalue weighted by molar-refractivity contribution is 5.83. The second kappa shape index (κ2) is 6.13. The van der Waals surface area contributed by atoms with Gasteiger partial charge in [-0.1, -0.05) is 6.92 Å². The average Bonchev–Trinajstić information content (AvgIpc) is 2.39. The van der Waals surface area contributed by atoms with E-state index in [0.29, 0.717) is 18.9 Å². The number of carbonyl (C=O) groups is 1. The summed E-state index contributed by atoms with van der Waals surface area (Å²) in [6.07, 6.45) is 4.41. The molecule has 2 atom stereocenters. The summed E-state index contributed by atoms with van der Waals surface area (Å²) >= 11 is 0. The van der Waals surface area contributed by atoms with E-state index in [1.807, 2.05) is 6.92 Å². The van der Waals surface area contributed by atoms with E-state index >= 15 is 0 Å². The van der Waals surface area contributed by atoms with Gasteiger partial charge in [0.25, 0.3) is 0 Å². The summed E-state index contributed by atoms with van der Waals surface area (Å²) in [6, 6.07) is 0. The monoisotopic (exact) mass is 255 g/mol. The minimum absolute atomic E-state index is 0.0841. The van der Waals surface area contributed by atoms with E-state index in [-0.39, 0.29) is 17.4 Å². The molecule has 2 aliphatic rings. The van der Waals surface area contributed by atoms with Crippen LogP contribution in [-0.4, -0.2) is 37.7 Å². The predicted molar refractivity (Wildman–Crippen MR) is 69.3 cm³/mol. The summed E-state index contributed by atoms with van der Waals surface area (Å²) in [7, 11) is 0. The first-order valence-corrected chi connectivity index (χ1v) is 7.12. The van der Waals surface area contributed by atoms with Crippen LogP contribution >= 0.6 is 0 Å². The minimum atomic E-state index is -0.0841. The third-order valence-corrected chi connectivity index (χ3v) is 4.38. The Hall–Kier alpha value is -0.450. The number of carbonyl (C=O) groups excluding carboxylic acids is 1. The summed E-state index contributed by atoms with van der Waals surface area (Å²) in [5.74, 6) is 0.642. The molecular weight excluding hydrogens is 230 g/mol. The lowest BCUT2D eigenvalue weighted by Crippen LogP contribution is -2.46. The Kier molecular flexibility index (Phi) is 4.76. The summed E-state index contributed by atoms with van der Waals surface area (Å²) in [5, 5.41) is 0. The molecule has 2 aliphatic heterocycles. The van der Waals surface area contributed by atoms with Crippen molar-refractivity contribution >= 4 is 5.78 Å². The largest absolute Gasteiger partial charge is 0.381 e. The molecule has 18 heavy (non-hydrogen) atoms. The van der Waals surface area contributed by atoms with Crippen LogP contribution in [0.3, 0.4) is 0 Å². The lowest BCUT2D eigenvalue weighted by atomic mass is 9.76. The Labute approximate surface area is 109 Å². The Morgan fingerprint density at radius 1 is 1.39 bits per heavy atom. The van der Waals surface area contributed by atoms with E-state index < -0.39 is 0 Å². The number of hydrogen-bond acceptors (Lipinski definition) is 4. The maximum absolute atomic E-state index is 12.4. The van der Waals surface area contributed by atoms with Gasteiger partial charge < -0.3 is 15.2 Å². The van der Waals surface area contributed by atoms with Gasteiger partial charge in [0.15, 0.2) is 0 Å². The van der Waals surface area contributed by atoms with Gasteiger partial charge in [0.05, 0.1) is 5.60 Å². The van der Waals surface area contributed by atoms with Gasteiger partial charge >= 0.3 is 0 Å². The standard InChI is InChI=1S/C14H25NO3/c1-11(2-6-15)13(16)12-3-7-18-14(10-12)4-8-17-9-5-14/h11-12H,2-10,15H2,1H3. The van der Waals surface area contributed by atoms with Gasteiger partial charge in [0.1, 0.15) is 5.78 Å². The summed E-state index contributed by atoms with van der Waals surface area (Å²) in [6.45, 7) is 4.83. The molecule has 2 rings (SSSR count). The van der Waals surface area contributed by atoms with Gasteiger partial charge in [0, 0.05) is 31.7 Å². The summed E-state index contributed by atoms with van der Waals surface area (Å²) in [5.41, 5.74) is 5.46. The van der Waals surface area contributed by atoms with Crippen LogP contribution in [0.15, 0.2) is 0 Å². The highest BCUT2D eigenvalue weighted by Gasteiger charge is 2.41. The van der Waals surface area contributed by atoms with Crippen LogP contribution in [0.25, 0.3) is 0 Å². The molecule has 104 valence electrons. The van der Waals surface area contributed by atoms with E-state index in [2.05, 4.69) is 0 Å². The van der Waals surface area contributed by atoms with E-state index in [9.17, 15) is 4.79 Å². The molecule has 2 saturated heterocycles. The Morgan fingerprint density at radius 2 is 2.11 bits per heavy atom. The van der Waals surface area contributed by atoms with E-state index in [1.165, 1.54) is 0 Å². The Balaban J connectivity index is 1.95. The van der Waals surface area contributed by atoms with Crippen LogP contribution in [0.2, 0.25) is 0 Å². The molecule has 0 aromatic carbocycles. The zero-order chi connectivity index (χ0) is 13.0. The van der Waals surface area contributed by atoms with Crippen molar-refractivity contribution in [3.63, 3.8) is 0 Å². The zero-order valence-corrected chi connectivity index (χ0v) is 11.3. The second-order valence-corrected chi connectivity index (χ2v) is 5.71. The maximum Gasteiger partial charge on any atom is 0.139 e. The average molecular weight is 255 g/mol. The molecule has 0 aromatic rings. The van der Waals surface area contributed by atoms with Crippen LogP contribution in [-0.2, 0) is 14.3 Å². The van der Waals surface area contributed by atoms with Crippen molar-refractivity contribution in [2.24, 2.45) is 17.6 Å². The minimum Gasteiger partial charge on any atom is -0.381 e. The smallest absolute Gasteiger partial charge is 0.139 e. The van der Waals surface area contributed by atoms with Gasteiger partial charge in [-0.2, -0.15) is 0 Å². The molecule has 4 nitrogen and oxygen atoms in total. The van der Waals surface area contributed by atoms with E-state index in [4.69, 9.17) is 15.2 Å². The van der Waals surface area contributed by atoms with Crippen LogP contribution in [0, 0.1) is 11.8 Å². The van der Waals surface area contributed by atoms with E-state index in [1.54, 1.807) is 0 Å². The molecule has 0 bridgehead atoms. The molecule has 2 N–H and O–H groups in total. The third-order valence-electron chi connectivity index (χ3n) is 4.38. The van der Waals surface area contributed by atoms with Crippen LogP contribution < -0.4 is 5.73 Å². The fourth-order valence-corrected chi connectivity index (χ4v) is 3.16. The Morgan fingerprint density at radius 3 is 2.78 bits per heavy atom. The molecule has 0 radical (unpaired) electrons. The summed E-state index contributed by atoms with van der Waals surface area (Å²) in [4.78, 5) is 12.4. The van der Waals surface area contributed by atoms with Gasteiger partial charge in [-0.25, -0.2) is 0 Å². The highest BCUT2D eigenvalue weighted by atomic mass is 16.5. The third kappa shape index (κ3) is 3.11. The molecule has 0 aromatic heterocycles. The number of ether oxygens (including phenoxy) is 2. The van der Waals surface area contributed by atoms with Crippen molar-refractivity contribution in [1.29, 1.82) is 0 Å². The lowest BCUT2D eigenvalue weighted by Gasteiger charge is -2.43. The molecular formula is C14H25NO3. The molecule has 2 heterocycles. The van der Waals surface area contributed by atoms with Crippen LogP contribution in [0.4, 0.5) is 0 Å². The molecule has 4 heteroatoms. The van der Waals surface area contributed by atoms with Crippen LogP contribution in [0.1, 0.15) is 39.0 Å². The molecule has 0 saturated carbocycles. The predicted octanol–water partition coefficient (Wildman–Crippen LogP) is 1.52. The van der Waals surface area contributed by atoms with Crippen molar-refractivity contribution in [1.82, 2.24) is 0 Å². The van der Waals surface area contributed by atoms with Crippen molar-refractivity contribution in [2.45, 2.75) is 44.6 Å². The molecule has 0 aliphatic carbocycles. The fourth-order valence-electron chi connectivity index (χ4n) is 3.16.